The molecular formula is C22H23N5O3S. The number of piperidine rings is 1. The predicted octanol–water partition coefficient (Wildman–Crippen LogP) is 2.47. The van der Waals surface area contributed by atoms with Gasteiger partial charge in [0.1, 0.15) is 0 Å². The van der Waals surface area contributed by atoms with E-state index in [1.54, 1.807) is 24.4 Å². The van der Waals surface area contributed by atoms with Crippen molar-refractivity contribution in [3.63, 3.8) is 0 Å². The summed E-state index contributed by atoms with van der Waals surface area (Å²) >= 11 is 0. The van der Waals surface area contributed by atoms with Gasteiger partial charge in [-0.3, -0.25) is 4.79 Å². The number of rotatable bonds is 5. The number of likely N-dealkylation sites (tertiary alicyclic amines) is 1. The molecule has 1 aromatic heterocycles. The minimum atomic E-state index is -3.74. The van der Waals surface area contributed by atoms with Gasteiger partial charge in [-0.15, -0.1) is 5.10 Å². The molecular weight excluding hydrogens is 414 g/mol. The highest BCUT2D eigenvalue weighted by atomic mass is 32.2. The number of sulfonamides is 1. The van der Waals surface area contributed by atoms with E-state index in [0.717, 1.165) is 29.7 Å². The smallest absolute Gasteiger partial charge is 0.246 e. The molecule has 2 N–H and O–H groups in total. The third-order valence-electron chi connectivity index (χ3n) is 5.39. The van der Waals surface area contributed by atoms with Gasteiger partial charge in [0.15, 0.2) is 0 Å². The highest BCUT2D eigenvalue weighted by molar-refractivity contribution is 7.89. The number of nitrogens with zero attached hydrogens (tertiary/aromatic N) is 4. The maximum atomic E-state index is 12.5. The van der Waals surface area contributed by atoms with Crippen LogP contribution >= 0.6 is 0 Å². The van der Waals surface area contributed by atoms with Crippen LogP contribution in [-0.4, -0.2) is 47.3 Å². The second-order valence-electron chi connectivity index (χ2n) is 7.43. The highest BCUT2D eigenvalue weighted by Gasteiger charge is 2.25. The van der Waals surface area contributed by atoms with Crippen molar-refractivity contribution in [2.45, 2.75) is 23.8 Å². The molecule has 1 aliphatic heterocycles. The van der Waals surface area contributed by atoms with Crippen LogP contribution in [0.4, 0.5) is 0 Å². The van der Waals surface area contributed by atoms with Gasteiger partial charge >= 0.3 is 0 Å². The Bertz CT molecular complexity index is 1180. The average Bonchev–Trinajstić information content (AvgIpc) is 3.28. The maximum absolute atomic E-state index is 12.5. The molecule has 2 aromatic carbocycles. The fraction of sp³-hybridized carbons (Fsp3) is 0.227. The van der Waals surface area contributed by atoms with Gasteiger partial charge in [0.05, 0.1) is 22.8 Å². The third kappa shape index (κ3) is 4.89. The molecule has 4 rings (SSSR count). The van der Waals surface area contributed by atoms with Gasteiger partial charge in [0.2, 0.25) is 15.9 Å². The fourth-order valence-electron chi connectivity index (χ4n) is 3.70. The van der Waals surface area contributed by atoms with Crippen LogP contribution in [0.3, 0.4) is 0 Å². The average molecular weight is 438 g/mol. The van der Waals surface area contributed by atoms with Gasteiger partial charge in [-0.05, 0) is 36.6 Å². The fourth-order valence-corrected chi connectivity index (χ4v) is 4.22. The van der Waals surface area contributed by atoms with E-state index in [-0.39, 0.29) is 16.8 Å². The van der Waals surface area contributed by atoms with Crippen LogP contribution in [0.1, 0.15) is 24.4 Å². The Balaban J connectivity index is 1.41. The summed E-state index contributed by atoms with van der Waals surface area (Å²) in [6, 6.07) is 16.2. The van der Waals surface area contributed by atoms with Gasteiger partial charge < -0.3 is 4.90 Å². The van der Waals surface area contributed by atoms with Crippen LogP contribution in [-0.2, 0) is 14.8 Å². The zero-order chi connectivity index (χ0) is 21.8. The van der Waals surface area contributed by atoms with E-state index < -0.39 is 10.0 Å². The summed E-state index contributed by atoms with van der Waals surface area (Å²) in [6.45, 7) is 1.26. The van der Waals surface area contributed by atoms with E-state index in [0.29, 0.717) is 13.1 Å². The first-order valence-electron chi connectivity index (χ1n) is 9.97. The Morgan fingerprint density at radius 1 is 1.03 bits per heavy atom. The van der Waals surface area contributed by atoms with Crippen molar-refractivity contribution in [2.75, 3.05) is 13.1 Å². The zero-order valence-electron chi connectivity index (χ0n) is 16.8. The molecule has 1 aliphatic rings. The Hall–Kier alpha value is -3.30. The van der Waals surface area contributed by atoms with E-state index in [1.165, 1.54) is 12.1 Å². The normalized spacial score (nSPS) is 15.5. The van der Waals surface area contributed by atoms with Crippen molar-refractivity contribution < 1.29 is 13.2 Å². The SMILES string of the molecule is NS(=O)(=O)c1ccc(-c2cnnn2C2CCN(C(=O)/C=C/c3ccccc3)CC2)cc1. The lowest BCUT2D eigenvalue weighted by Gasteiger charge is -2.31. The molecule has 31 heavy (non-hydrogen) atoms. The molecule has 0 radical (unpaired) electrons. The minimum absolute atomic E-state index is 0.000278. The van der Waals surface area contributed by atoms with Crippen molar-refractivity contribution in [2.24, 2.45) is 5.14 Å². The lowest BCUT2D eigenvalue weighted by Crippen LogP contribution is -2.38. The number of benzene rings is 2. The van der Waals surface area contributed by atoms with Crippen molar-refractivity contribution in [1.29, 1.82) is 0 Å². The van der Waals surface area contributed by atoms with E-state index >= 15 is 0 Å². The van der Waals surface area contributed by atoms with Crippen LogP contribution < -0.4 is 5.14 Å². The second-order valence-corrected chi connectivity index (χ2v) is 9.00. The topological polar surface area (TPSA) is 111 Å². The first kappa shape index (κ1) is 21.0. The number of primary sulfonamides is 1. The van der Waals surface area contributed by atoms with E-state index in [4.69, 9.17) is 5.14 Å². The van der Waals surface area contributed by atoms with E-state index in [9.17, 15) is 13.2 Å². The molecule has 1 saturated heterocycles. The van der Waals surface area contributed by atoms with E-state index in [1.807, 2.05) is 46.0 Å². The molecule has 1 amide bonds. The van der Waals surface area contributed by atoms with Crippen molar-refractivity contribution in [3.8, 4) is 11.3 Å². The molecule has 2 heterocycles. The zero-order valence-corrected chi connectivity index (χ0v) is 17.6. The molecule has 0 atom stereocenters. The number of amides is 1. The minimum Gasteiger partial charge on any atom is -0.339 e. The quantitative estimate of drug-likeness (QED) is 0.617. The maximum Gasteiger partial charge on any atom is 0.246 e. The Labute approximate surface area is 181 Å². The van der Waals surface area contributed by atoms with Gasteiger partial charge in [-0.2, -0.15) is 0 Å². The molecule has 1 fully saturated rings. The molecule has 3 aromatic rings. The Kier molecular flexibility index (Phi) is 5.97. The second kappa shape index (κ2) is 8.83. The van der Waals surface area contributed by atoms with Crippen LogP contribution in [0.25, 0.3) is 17.3 Å². The first-order chi connectivity index (χ1) is 14.9. The number of carbonyl (C=O) groups excluding carboxylic acids is 1. The summed E-state index contributed by atoms with van der Waals surface area (Å²) in [4.78, 5) is 14.4. The predicted molar refractivity (Wildman–Crippen MR) is 117 cm³/mol. The first-order valence-corrected chi connectivity index (χ1v) is 11.5. The van der Waals surface area contributed by atoms with Gasteiger partial charge in [-0.25, -0.2) is 18.2 Å². The molecule has 0 bridgehead atoms. The summed E-state index contributed by atoms with van der Waals surface area (Å²) in [6.07, 6.45) is 6.62. The number of aromatic nitrogens is 3. The van der Waals surface area contributed by atoms with Crippen LogP contribution in [0.15, 0.2) is 71.8 Å². The molecule has 8 nitrogen and oxygen atoms in total. The largest absolute Gasteiger partial charge is 0.339 e. The Morgan fingerprint density at radius 2 is 1.71 bits per heavy atom. The Morgan fingerprint density at radius 3 is 2.35 bits per heavy atom. The third-order valence-corrected chi connectivity index (χ3v) is 6.32. The standard InChI is InChI=1S/C22H23N5O3S/c23-31(29,30)20-9-7-18(8-10-20)21-16-24-25-27(21)19-12-14-26(15-13-19)22(28)11-6-17-4-2-1-3-5-17/h1-11,16,19H,12-15H2,(H2,23,29,30)/b11-6+. The van der Waals surface area contributed by atoms with Crippen molar-refractivity contribution >= 4 is 22.0 Å². The summed E-state index contributed by atoms with van der Waals surface area (Å²) in [5, 5.41) is 13.4. The van der Waals surface area contributed by atoms with E-state index in [2.05, 4.69) is 10.3 Å². The van der Waals surface area contributed by atoms with Crippen LogP contribution in [0.5, 0.6) is 0 Å². The molecule has 0 unspecified atom stereocenters. The monoisotopic (exact) mass is 437 g/mol. The summed E-state index contributed by atoms with van der Waals surface area (Å²) in [5.41, 5.74) is 2.60. The van der Waals surface area contributed by atoms with Crippen molar-refractivity contribution in [1.82, 2.24) is 19.9 Å². The number of hydrogen-bond acceptors (Lipinski definition) is 5. The summed E-state index contributed by atoms with van der Waals surface area (Å²) in [5.74, 6) is -0.000278. The lowest BCUT2D eigenvalue weighted by atomic mass is 10.0. The van der Waals surface area contributed by atoms with Gasteiger partial charge in [0.25, 0.3) is 0 Å². The van der Waals surface area contributed by atoms with Crippen LogP contribution in [0.2, 0.25) is 0 Å². The summed E-state index contributed by atoms with van der Waals surface area (Å²) < 4.78 is 24.8. The number of nitrogens with two attached hydrogens (primary N) is 1. The molecule has 0 aliphatic carbocycles. The van der Waals surface area contributed by atoms with Gasteiger partial charge in [0, 0.05) is 24.7 Å². The molecule has 9 heteroatoms. The van der Waals surface area contributed by atoms with Crippen molar-refractivity contribution in [3.05, 3.63) is 72.4 Å². The number of carbonyl (C=O) groups is 1. The molecule has 0 saturated carbocycles. The molecule has 0 spiro atoms. The number of hydrogen-bond donors (Lipinski definition) is 1. The van der Waals surface area contributed by atoms with Gasteiger partial charge in [-0.1, -0.05) is 47.7 Å². The molecule has 160 valence electrons. The highest BCUT2D eigenvalue weighted by Crippen LogP contribution is 2.28. The lowest BCUT2D eigenvalue weighted by molar-refractivity contribution is -0.127. The van der Waals surface area contributed by atoms with Crippen LogP contribution in [0, 0.1) is 0 Å². The summed E-state index contributed by atoms with van der Waals surface area (Å²) in [7, 11) is -3.74.